The minimum atomic E-state index is -0.924. The Morgan fingerprint density at radius 2 is 2.06 bits per heavy atom. The minimum Gasteiger partial charge on any atom is -0.478 e. The predicted octanol–water partition coefficient (Wildman–Crippen LogP) is 1.45. The van der Waals surface area contributed by atoms with Crippen LogP contribution in [0.15, 0.2) is 35.3 Å². The van der Waals surface area contributed by atoms with Crippen LogP contribution in [0.1, 0.15) is 18.4 Å². The number of rotatable bonds is 2. The van der Waals surface area contributed by atoms with Crippen LogP contribution in [0.2, 0.25) is 0 Å². The van der Waals surface area contributed by atoms with Crippen molar-refractivity contribution in [3.05, 3.63) is 35.9 Å². The summed E-state index contributed by atoms with van der Waals surface area (Å²) in [5.41, 5.74) is 0.370. The summed E-state index contributed by atoms with van der Waals surface area (Å²) in [6.45, 7) is 0. The Kier molecular flexibility index (Phi) is 1.80. The average Bonchev–Trinajstić information content (AvgIpc) is 2.92. The minimum absolute atomic E-state index is 0.463. The number of hydrogen-bond acceptors (Lipinski definition) is 3. The smallest absolute Gasteiger partial charge is 0.347 e. The summed E-state index contributed by atoms with van der Waals surface area (Å²) in [6.07, 6.45) is 0.809. The molecule has 4 heteroatoms. The second-order valence-corrected chi connectivity index (χ2v) is 4.22. The Balaban J connectivity index is 1.93. The molecule has 3 rings (SSSR count). The van der Waals surface area contributed by atoms with Gasteiger partial charge in [-0.25, -0.2) is 9.79 Å². The fourth-order valence-corrected chi connectivity index (χ4v) is 2.00. The lowest BCUT2D eigenvalue weighted by Crippen LogP contribution is -2.32. The monoisotopic (exact) mass is 217 g/mol. The molecule has 0 radical (unpaired) electrons. The van der Waals surface area contributed by atoms with E-state index >= 15 is 0 Å². The molecule has 1 atom stereocenters. The highest BCUT2D eigenvalue weighted by molar-refractivity contribution is 5.98. The van der Waals surface area contributed by atoms with Gasteiger partial charge in [-0.3, -0.25) is 0 Å². The molecule has 1 aliphatic heterocycles. The number of carboxylic acid groups (broad SMARTS) is 1. The maximum Gasteiger partial charge on any atom is 0.347 e. The van der Waals surface area contributed by atoms with Gasteiger partial charge in [-0.05, 0) is 25.0 Å². The van der Waals surface area contributed by atoms with E-state index in [9.17, 15) is 4.79 Å². The normalized spacial score (nSPS) is 25.0. The number of hydrogen-bond donors (Lipinski definition) is 1. The van der Waals surface area contributed by atoms with Gasteiger partial charge in [0.1, 0.15) is 5.54 Å². The van der Waals surface area contributed by atoms with E-state index in [0.717, 1.165) is 18.4 Å². The maximum atomic E-state index is 11.0. The van der Waals surface area contributed by atoms with Crippen molar-refractivity contribution in [1.29, 1.82) is 0 Å². The van der Waals surface area contributed by atoms with Crippen LogP contribution in [0.25, 0.3) is 0 Å². The molecular weight excluding hydrogens is 206 g/mol. The number of benzene rings is 1. The topological polar surface area (TPSA) is 58.9 Å². The van der Waals surface area contributed by atoms with E-state index in [1.54, 1.807) is 0 Å². The van der Waals surface area contributed by atoms with Gasteiger partial charge in [-0.1, -0.05) is 18.2 Å². The van der Waals surface area contributed by atoms with Crippen molar-refractivity contribution < 1.29 is 14.6 Å². The third-order valence-electron chi connectivity index (χ3n) is 3.05. The summed E-state index contributed by atoms with van der Waals surface area (Å²) >= 11 is 0. The number of carbonyl (C=O) groups is 1. The first kappa shape index (κ1) is 9.39. The molecule has 82 valence electrons. The van der Waals surface area contributed by atoms with Crippen molar-refractivity contribution in [2.24, 2.45) is 4.99 Å². The molecule has 2 aliphatic rings. The lowest BCUT2D eigenvalue weighted by Gasteiger charge is -2.10. The van der Waals surface area contributed by atoms with Gasteiger partial charge >= 0.3 is 5.97 Å². The molecule has 16 heavy (non-hydrogen) atoms. The lowest BCUT2D eigenvalue weighted by molar-refractivity contribution is -0.146. The fourth-order valence-electron chi connectivity index (χ4n) is 2.00. The van der Waals surface area contributed by atoms with Gasteiger partial charge < -0.3 is 9.84 Å². The molecule has 1 aliphatic carbocycles. The highest BCUT2D eigenvalue weighted by Gasteiger charge is 2.59. The van der Waals surface area contributed by atoms with E-state index in [0.29, 0.717) is 5.90 Å². The zero-order chi connectivity index (χ0) is 11.2. The molecule has 1 N–H and O–H groups in total. The second kappa shape index (κ2) is 3.07. The van der Waals surface area contributed by atoms with Gasteiger partial charge in [-0.15, -0.1) is 0 Å². The van der Waals surface area contributed by atoms with E-state index in [2.05, 4.69) is 4.99 Å². The Hall–Kier alpha value is -1.84. The molecule has 0 aromatic heterocycles. The third-order valence-corrected chi connectivity index (χ3v) is 3.05. The van der Waals surface area contributed by atoms with Gasteiger partial charge in [0.15, 0.2) is 0 Å². The number of nitrogens with zero attached hydrogens (tertiary/aromatic N) is 1. The second-order valence-electron chi connectivity index (χ2n) is 4.22. The molecule has 0 amide bonds. The summed E-state index contributed by atoms with van der Waals surface area (Å²) in [5, 5.41) is 9.06. The van der Waals surface area contributed by atoms with Crippen LogP contribution in [0.5, 0.6) is 0 Å². The first-order chi connectivity index (χ1) is 7.71. The predicted molar refractivity (Wildman–Crippen MR) is 57.5 cm³/mol. The van der Waals surface area contributed by atoms with Crippen LogP contribution < -0.4 is 0 Å². The number of aliphatic imine (C=N–C) groups is 1. The molecule has 1 saturated carbocycles. The molecule has 1 unspecified atom stereocenters. The number of ether oxygens (including phenoxy) is 1. The van der Waals surface area contributed by atoms with Crippen LogP contribution in [0.4, 0.5) is 0 Å². The lowest BCUT2D eigenvalue weighted by atomic mass is 10.1. The maximum absolute atomic E-state index is 11.0. The van der Waals surface area contributed by atoms with E-state index in [-0.39, 0.29) is 0 Å². The highest BCUT2D eigenvalue weighted by atomic mass is 16.5. The van der Waals surface area contributed by atoms with Gasteiger partial charge in [-0.2, -0.15) is 0 Å². The van der Waals surface area contributed by atoms with Crippen LogP contribution in [0.3, 0.4) is 0 Å². The number of aliphatic carboxylic acids is 1. The Labute approximate surface area is 92.6 Å². The highest BCUT2D eigenvalue weighted by Crippen LogP contribution is 2.48. The molecule has 1 fully saturated rings. The summed E-state index contributed by atoms with van der Waals surface area (Å²) in [7, 11) is 0. The number of carboxylic acids is 1. The van der Waals surface area contributed by atoms with Crippen molar-refractivity contribution >= 4 is 11.9 Å². The summed E-state index contributed by atoms with van der Waals surface area (Å²) in [4.78, 5) is 15.5. The van der Waals surface area contributed by atoms with Gasteiger partial charge in [0.05, 0.1) is 0 Å². The van der Waals surface area contributed by atoms with Crippen molar-refractivity contribution in [1.82, 2.24) is 0 Å². The quantitative estimate of drug-likeness (QED) is 0.815. The summed E-state index contributed by atoms with van der Waals surface area (Å²) < 4.78 is 5.44. The van der Waals surface area contributed by atoms with Gasteiger partial charge in [0, 0.05) is 5.56 Å². The molecule has 4 nitrogen and oxygen atoms in total. The third kappa shape index (κ3) is 1.30. The van der Waals surface area contributed by atoms with Crippen molar-refractivity contribution in [2.45, 2.75) is 24.5 Å². The Morgan fingerprint density at radius 1 is 1.38 bits per heavy atom. The summed E-state index contributed by atoms with van der Waals surface area (Å²) in [5.74, 6) is -0.460. The zero-order valence-corrected chi connectivity index (χ0v) is 8.59. The van der Waals surface area contributed by atoms with Crippen LogP contribution in [-0.2, 0) is 9.53 Å². The largest absolute Gasteiger partial charge is 0.478 e. The molecule has 1 aromatic carbocycles. The SMILES string of the molecule is O=C(O)C1OC(c2ccccc2)=NC12CC2. The van der Waals surface area contributed by atoms with Crippen LogP contribution in [0, 0.1) is 0 Å². The van der Waals surface area contributed by atoms with Crippen molar-refractivity contribution in [2.75, 3.05) is 0 Å². The van der Waals surface area contributed by atoms with E-state index in [4.69, 9.17) is 9.84 Å². The van der Waals surface area contributed by atoms with Gasteiger partial charge in [0.2, 0.25) is 12.0 Å². The van der Waals surface area contributed by atoms with Gasteiger partial charge in [0.25, 0.3) is 0 Å². The molecule has 1 aromatic rings. The molecule has 0 bridgehead atoms. The Bertz CT molecular complexity index is 462. The average molecular weight is 217 g/mol. The van der Waals surface area contributed by atoms with Crippen molar-refractivity contribution in [3.63, 3.8) is 0 Å². The first-order valence-corrected chi connectivity index (χ1v) is 5.26. The van der Waals surface area contributed by atoms with Crippen LogP contribution >= 0.6 is 0 Å². The Morgan fingerprint density at radius 3 is 2.56 bits per heavy atom. The molecule has 1 heterocycles. The van der Waals surface area contributed by atoms with Crippen molar-refractivity contribution in [3.8, 4) is 0 Å². The fraction of sp³-hybridized carbons (Fsp3) is 0.333. The first-order valence-electron chi connectivity index (χ1n) is 5.26. The van der Waals surface area contributed by atoms with Crippen LogP contribution in [-0.4, -0.2) is 28.6 Å². The standard InChI is InChI=1S/C12H11NO3/c14-11(15)9-12(6-7-12)13-10(16-9)8-4-2-1-3-5-8/h1-5,9H,6-7H2,(H,14,15). The van der Waals surface area contributed by atoms with E-state index in [1.165, 1.54) is 0 Å². The van der Waals surface area contributed by atoms with E-state index < -0.39 is 17.6 Å². The molecular formula is C12H11NO3. The molecule has 1 spiro atoms. The summed E-state index contributed by atoms with van der Waals surface area (Å²) in [6, 6.07) is 9.42. The molecule has 0 saturated heterocycles. The zero-order valence-electron chi connectivity index (χ0n) is 8.59. The van der Waals surface area contributed by atoms with E-state index in [1.807, 2.05) is 30.3 Å².